The number of carboxylic acid groups (broad SMARTS) is 1. The van der Waals surface area contributed by atoms with Crippen LogP contribution in [-0.4, -0.2) is 22.4 Å². The van der Waals surface area contributed by atoms with E-state index in [2.05, 4.69) is 10.5 Å². The third-order valence-electron chi connectivity index (χ3n) is 2.73. The van der Waals surface area contributed by atoms with E-state index in [0.717, 1.165) is 5.56 Å². The summed E-state index contributed by atoms with van der Waals surface area (Å²) in [5.74, 6) is -0.908. The third-order valence-corrected chi connectivity index (χ3v) is 2.73. The van der Waals surface area contributed by atoms with Crippen molar-refractivity contribution in [2.45, 2.75) is 6.92 Å². The Kier molecular flexibility index (Phi) is 4.00. The van der Waals surface area contributed by atoms with E-state index >= 15 is 0 Å². The van der Waals surface area contributed by atoms with Gasteiger partial charge in [0.25, 0.3) is 0 Å². The summed E-state index contributed by atoms with van der Waals surface area (Å²) < 4.78 is 0. The maximum absolute atomic E-state index is 11.0. The first-order chi connectivity index (χ1) is 9.58. The number of aromatic carboxylic acids is 1. The van der Waals surface area contributed by atoms with Gasteiger partial charge in [0.15, 0.2) is 0 Å². The van der Waals surface area contributed by atoms with E-state index in [9.17, 15) is 9.90 Å². The van der Waals surface area contributed by atoms with Gasteiger partial charge in [0.1, 0.15) is 5.75 Å². The van der Waals surface area contributed by atoms with Crippen LogP contribution in [0, 0.1) is 6.92 Å². The lowest BCUT2D eigenvalue weighted by molar-refractivity contribution is 0.0698. The molecule has 0 aliphatic carbocycles. The zero-order chi connectivity index (χ0) is 14.5. The summed E-state index contributed by atoms with van der Waals surface area (Å²) in [6.07, 6.45) is 1.45. The standard InChI is InChI=1S/C15H14N2O3/c1-10-6-7-14(18)11(8-10)9-16-17-13-5-3-2-4-12(13)15(19)20/h2-9,17-18H,1H3,(H,19,20)/b16-9+. The van der Waals surface area contributed by atoms with E-state index in [1.165, 1.54) is 12.3 Å². The molecule has 5 heteroatoms. The Hall–Kier alpha value is -2.82. The van der Waals surface area contributed by atoms with Gasteiger partial charge >= 0.3 is 5.97 Å². The maximum atomic E-state index is 11.0. The summed E-state index contributed by atoms with van der Waals surface area (Å²) in [6, 6.07) is 11.6. The number of aromatic hydroxyl groups is 1. The minimum Gasteiger partial charge on any atom is -0.507 e. The van der Waals surface area contributed by atoms with Gasteiger partial charge in [-0.2, -0.15) is 5.10 Å². The average molecular weight is 270 g/mol. The van der Waals surface area contributed by atoms with Crippen molar-refractivity contribution in [2.24, 2.45) is 5.10 Å². The first-order valence-corrected chi connectivity index (χ1v) is 5.99. The fraction of sp³-hybridized carbons (Fsp3) is 0.0667. The first kappa shape index (κ1) is 13.6. The van der Waals surface area contributed by atoms with Crippen molar-refractivity contribution in [3.63, 3.8) is 0 Å². The Morgan fingerprint density at radius 1 is 1.25 bits per heavy atom. The van der Waals surface area contributed by atoms with Crippen molar-refractivity contribution in [1.82, 2.24) is 0 Å². The van der Waals surface area contributed by atoms with Gasteiger partial charge in [0.2, 0.25) is 0 Å². The molecule has 0 unspecified atom stereocenters. The number of carbonyl (C=O) groups is 1. The van der Waals surface area contributed by atoms with Crippen LogP contribution in [-0.2, 0) is 0 Å². The molecule has 0 amide bonds. The number of anilines is 1. The molecule has 0 saturated heterocycles. The van der Waals surface area contributed by atoms with Crippen LogP contribution >= 0.6 is 0 Å². The monoisotopic (exact) mass is 270 g/mol. The lowest BCUT2D eigenvalue weighted by Crippen LogP contribution is -2.02. The van der Waals surface area contributed by atoms with E-state index in [1.54, 1.807) is 36.4 Å². The lowest BCUT2D eigenvalue weighted by Gasteiger charge is -2.04. The zero-order valence-corrected chi connectivity index (χ0v) is 10.9. The van der Waals surface area contributed by atoms with E-state index < -0.39 is 5.97 Å². The SMILES string of the molecule is Cc1ccc(O)c(/C=N/Nc2ccccc2C(=O)O)c1. The highest BCUT2D eigenvalue weighted by Crippen LogP contribution is 2.17. The fourth-order valence-corrected chi connectivity index (χ4v) is 1.72. The van der Waals surface area contributed by atoms with Crippen molar-refractivity contribution >= 4 is 17.9 Å². The van der Waals surface area contributed by atoms with Crippen LogP contribution in [0.4, 0.5) is 5.69 Å². The molecule has 3 N–H and O–H groups in total. The summed E-state index contributed by atoms with van der Waals surface area (Å²) >= 11 is 0. The van der Waals surface area contributed by atoms with Crippen molar-refractivity contribution < 1.29 is 15.0 Å². The molecule has 2 aromatic rings. The molecular weight excluding hydrogens is 256 g/mol. The first-order valence-electron chi connectivity index (χ1n) is 5.99. The molecule has 0 aliphatic heterocycles. The number of aryl methyl sites for hydroxylation is 1. The minimum absolute atomic E-state index is 0.118. The molecule has 102 valence electrons. The number of carboxylic acids is 1. The Labute approximate surface area is 116 Å². The number of rotatable bonds is 4. The summed E-state index contributed by atoms with van der Waals surface area (Å²) in [6.45, 7) is 1.91. The molecule has 0 aliphatic rings. The van der Waals surface area contributed by atoms with E-state index in [0.29, 0.717) is 11.3 Å². The topological polar surface area (TPSA) is 81.9 Å². The highest BCUT2D eigenvalue weighted by Gasteiger charge is 2.07. The zero-order valence-electron chi connectivity index (χ0n) is 10.9. The van der Waals surface area contributed by atoms with Crippen LogP contribution in [0.15, 0.2) is 47.6 Å². The van der Waals surface area contributed by atoms with Crippen molar-refractivity contribution in [3.8, 4) is 5.75 Å². The smallest absolute Gasteiger partial charge is 0.337 e. The van der Waals surface area contributed by atoms with E-state index in [1.807, 2.05) is 6.92 Å². The van der Waals surface area contributed by atoms with Crippen LogP contribution in [0.25, 0.3) is 0 Å². The molecule has 5 nitrogen and oxygen atoms in total. The summed E-state index contributed by atoms with van der Waals surface area (Å²) in [4.78, 5) is 11.0. The second-order valence-electron chi connectivity index (χ2n) is 4.28. The van der Waals surface area contributed by atoms with Crippen LogP contribution < -0.4 is 5.43 Å². The van der Waals surface area contributed by atoms with E-state index in [4.69, 9.17) is 5.11 Å². The molecule has 2 rings (SSSR count). The number of para-hydroxylation sites is 1. The van der Waals surface area contributed by atoms with Crippen LogP contribution in [0.2, 0.25) is 0 Å². The molecule has 2 aromatic carbocycles. The van der Waals surface area contributed by atoms with Gasteiger partial charge < -0.3 is 10.2 Å². The minimum atomic E-state index is -1.03. The molecule has 0 heterocycles. The second kappa shape index (κ2) is 5.88. The Bertz CT molecular complexity index is 666. The van der Waals surface area contributed by atoms with Gasteiger partial charge in [-0.05, 0) is 31.2 Å². The van der Waals surface area contributed by atoms with Gasteiger partial charge in [-0.3, -0.25) is 5.43 Å². The summed E-state index contributed by atoms with van der Waals surface area (Å²) in [5.41, 5.74) is 4.75. The van der Waals surface area contributed by atoms with Crippen LogP contribution in [0.1, 0.15) is 21.5 Å². The molecule has 0 atom stereocenters. The molecule has 0 saturated carbocycles. The average Bonchev–Trinajstić information content (AvgIpc) is 2.43. The second-order valence-corrected chi connectivity index (χ2v) is 4.28. The molecule has 0 bridgehead atoms. The van der Waals surface area contributed by atoms with Gasteiger partial charge in [-0.1, -0.05) is 23.8 Å². The normalized spacial score (nSPS) is 10.7. The van der Waals surface area contributed by atoms with Crippen molar-refractivity contribution in [1.29, 1.82) is 0 Å². The molecule has 0 aromatic heterocycles. The molecule has 0 fully saturated rings. The number of phenolic OH excluding ortho intramolecular Hbond substituents is 1. The third kappa shape index (κ3) is 3.14. The summed E-state index contributed by atoms with van der Waals surface area (Å²) in [7, 11) is 0. The highest BCUT2D eigenvalue weighted by atomic mass is 16.4. The predicted octanol–water partition coefficient (Wildman–Crippen LogP) is 2.84. The van der Waals surface area contributed by atoms with Crippen molar-refractivity contribution in [3.05, 3.63) is 59.2 Å². The number of hydrazone groups is 1. The van der Waals surface area contributed by atoms with Crippen LogP contribution in [0.5, 0.6) is 5.75 Å². The number of nitrogens with one attached hydrogen (secondary N) is 1. The number of phenols is 1. The van der Waals surface area contributed by atoms with Gasteiger partial charge in [-0.15, -0.1) is 0 Å². The number of hydrogen-bond acceptors (Lipinski definition) is 4. The van der Waals surface area contributed by atoms with Gasteiger partial charge in [-0.25, -0.2) is 4.79 Å². The quantitative estimate of drug-likeness (QED) is 0.589. The summed E-state index contributed by atoms with van der Waals surface area (Å²) in [5, 5.41) is 22.7. The Morgan fingerprint density at radius 2 is 2.00 bits per heavy atom. The molecule has 20 heavy (non-hydrogen) atoms. The fourth-order valence-electron chi connectivity index (χ4n) is 1.72. The highest BCUT2D eigenvalue weighted by molar-refractivity contribution is 5.94. The molecule has 0 radical (unpaired) electrons. The molecule has 0 spiro atoms. The number of hydrogen-bond donors (Lipinski definition) is 3. The number of nitrogens with zero attached hydrogens (tertiary/aromatic N) is 1. The Morgan fingerprint density at radius 3 is 2.75 bits per heavy atom. The van der Waals surface area contributed by atoms with Crippen molar-refractivity contribution in [2.75, 3.05) is 5.43 Å². The largest absolute Gasteiger partial charge is 0.507 e. The van der Waals surface area contributed by atoms with Crippen LogP contribution in [0.3, 0.4) is 0 Å². The molecular formula is C15H14N2O3. The van der Waals surface area contributed by atoms with E-state index in [-0.39, 0.29) is 11.3 Å². The van der Waals surface area contributed by atoms with Gasteiger partial charge in [0.05, 0.1) is 17.5 Å². The Balaban J connectivity index is 2.18. The number of benzene rings is 2. The predicted molar refractivity (Wildman–Crippen MR) is 77.5 cm³/mol. The van der Waals surface area contributed by atoms with Gasteiger partial charge in [0, 0.05) is 5.56 Å². The lowest BCUT2D eigenvalue weighted by atomic mass is 10.1. The maximum Gasteiger partial charge on any atom is 0.337 e.